The van der Waals surface area contributed by atoms with Crippen molar-refractivity contribution in [3.63, 3.8) is 0 Å². The van der Waals surface area contributed by atoms with Gasteiger partial charge in [0.1, 0.15) is 23.9 Å². The normalized spacial score (nSPS) is 17.5. The molecule has 1 fully saturated rings. The lowest BCUT2D eigenvalue weighted by molar-refractivity contribution is -0.141. The molecule has 0 aliphatic carbocycles. The van der Waals surface area contributed by atoms with Gasteiger partial charge in [-0.15, -0.1) is 0 Å². The highest BCUT2D eigenvalue weighted by atomic mass is 35.5. The Bertz CT molecular complexity index is 1130. The van der Waals surface area contributed by atoms with E-state index in [0.717, 1.165) is 11.1 Å². The standard InChI is InChI=1S/C26H32ClN5O5/c1-15(30-25(36)20(28)13-16-6-10-19(33)11-7-16)24(35)31-21(14-17-4-8-18(27)9-5-17)26(37)32-12-2-3-22(32)23(29)34/h4-11,15,20-22,33H,2-3,12-14,28H2,1H3,(H2,29,34)(H,30,36)(H,31,35). The number of hydrogen-bond donors (Lipinski definition) is 5. The van der Waals surface area contributed by atoms with E-state index < -0.39 is 47.8 Å². The van der Waals surface area contributed by atoms with E-state index in [1.165, 1.54) is 24.0 Å². The van der Waals surface area contributed by atoms with Crippen LogP contribution in [-0.4, -0.2) is 64.3 Å². The van der Waals surface area contributed by atoms with Gasteiger partial charge < -0.3 is 32.1 Å². The largest absolute Gasteiger partial charge is 0.508 e. The zero-order valence-corrected chi connectivity index (χ0v) is 21.3. The molecule has 0 aromatic heterocycles. The maximum absolute atomic E-state index is 13.4. The van der Waals surface area contributed by atoms with Crippen LogP contribution < -0.4 is 22.1 Å². The van der Waals surface area contributed by atoms with Crippen molar-refractivity contribution < 1.29 is 24.3 Å². The van der Waals surface area contributed by atoms with E-state index in [1.807, 2.05) is 0 Å². The highest BCUT2D eigenvalue weighted by Gasteiger charge is 2.37. The number of hydrogen-bond acceptors (Lipinski definition) is 6. The highest BCUT2D eigenvalue weighted by molar-refractivity contribution is 6.30. The number of primary amides is 1. The zero-order chi connectivity index (χ0) is 27.1. The summed E-state index contributed by atoms with van der Waals surface area (Å²) in [5.41, 5.74) is 13.0. The molecule has 4 unspecified atom stereocenters. The molecule has 4 atom stereocenters. The number of phenolic OH excluding ortho intramolecular Hbond substituents is 1. The molecule has 7 N–H and O–H groups in total. The number of aromatic hydroxyl groups is 1. The van der Waals surface area contributed by atoms with E-state index in [4.69, 9.17) is 23.1 Å². The molecule has 0 radical (unpaired) electrons. The van der Waals surface area contributed by atoms with E-state index in [9.17, 15) is 24.3 Å². The van der Waals surface area contributed by atoms with Crippen LogP contribution in [0.2, 0.25) is 5.02 Å². The van der Waals surface area contributed by atoms with Crippen LogP contribution in [0, 0.1) is 0 Å². The fourth-order valence-electron chi connectivity index (χ4n) is 4.24. The van der Waals surface area contributed by atoms with Crippen LogP contribution in [0.5, 0.6) is 5.75 Å². The Kier molecular flexibility index (Phi) is 9.48. The average Bonchev–Trinajstić information content (AvgIpc) is 3.36. The molecule has 4 amide bonds. The lowest BCUT2D eigenvalue weighted by Gasteiger charge is -2.29. The molecule has 0 spiro atoms. The molecule has 1 saturated heterocycles. The van der Waals surface area contributed by atoms with Crippen LogP contribution in [-0.2, 0) is 32.0 Å². The lowest BCUT2D eigenvalue weighted by Crippen LogP contribution is -2.57. The molecule has 198 valence electrons. The predicted octanol–water partition coefficient (Wildman–Crippen LogP) is 0.624. The van der Waals surface area contributed by atoms with E-state index in [1.54, 1.807) is 36.4 Å². The number of carbonyl (C=O) groups excluding carboxylic acids is 4. The summed E-state index contributed by atoms with van der Waals surface area (Å²) in [4.78, 5) is 52.3. The maximum atomic E-state index is 13.4. The maximum Gasteiger partial charge on any atom is 0.246 e. The molecule has 2 aromatic carbocycles. The first-order valence-corrected chi connectivity index (χ1v) is 12.4. The van der Waals surface area contributed by atoms with Crippen molar-refractivity contribution in [3.8, 4) is 5.75 Å². The molecule has 10 nitrogen and oxygen atoms in total. The quantitative estimate of drug-likeness (QED) is 0.302. The fourth-order valence-corrected chi connectivity index (χ4v) is 4.37. The number of nitrogens with zero attached hydrogens (tertiary/aromatic N) is 1. The monoisotopic (exact) mass is 529 g/mol. The van der Waals surface area contributed by atoms with Crippen LogP contribution in [0.15, 0.2) is 48.5 Å². The van der Waals surface area contributed by atoms with E-state index in [-0.39, 0.29) is 18.6 Å². The Morgan fingerprint density at radius 2 is 1.59 bits per heavy atom. The van der Waals surface area contributed by atoms with Crippen LogP contribution in [0.3, 0.4) is 0 Å². The van der Waals surface area contributed by atoms with Gasteiger partial charge in [-0.1, -0.05) is 35.9 Å². The van der Waals surface area contributed by atoms with Gasteiger partial charge in [0.15, 0.2) is 0 Å². The van der Waals surface area contributed by atoms with Crippen LogP contribution >= 0.6 is 11.6 Å². The molecule has 1 aliphatic rings. The van der Waals surface area contributed by atoms with Crippen molar-refractivity contribution in [3.05, 3.63) is 64.7 Å². The van der Waals surface area contributed by atoms with E-state index >= 15 is 0 Å². The summed E-state index contributed by atoms with van der Waals surface area (Å²) < 4.78 is 0. The summed E-state index contributed by atoms with van der Waals surface area (Å²) in [5, 5.41) is 15.2. The van der Waals surface area contributed by atoms with Crippen molar-refractivity contribution in [2.24, 2.45) is 11.5 Å². The van der Waals surface area contributed by atoms with E-state index in [0.29, 0.717) is 24.4 Å². The first-order chi connectivity index (χ1) is 17.5. The summed E-state index contributed by atoms with van der Waals surface area (Å²) >= 11 is 5.97. The Balaban J connectivity index is 1.67. The van der Waals surface area contributed by atoms with Gasteiger partial charge in [-0.05, 0) is 61.6 Å². The Labute approximate surface area is 220 Å². The second kappa shape index (κ2) is 12.6. The minimum Gasteiger partial charge on any atom is -0.508 e. The van der Waals surface area contributed by atoms with Gasteiger partial charge >= 0.3 is 0 Å². The number of rotatable bonds is 10. The van der Waals surface area contributed by atoms with Gasteiger partial charge in [0.05, 0.1) is 6.04 Å². The number of nitrogens with one attached hydrogen (secondary N) is 2. The molecule has 0 bridgehead atoms. The SMILES string of the molecule is CC(NC(=O)C(N)Cc1ccc(O)cc1)C(=O)NC(Cc1ccc(Cl)cc1)C(=O)N1CCCC1C(N)=O. The number of likely N-dealkylation sites (tertiary alicyclic amines) is 1. The first kappa shape index (κ1) is 27.9. The molecular weight excluding hydrogens is 498 g/mol. The van der Waals surface area contributed by atoms with E-state index in [2.05, 4.69) is 10.6 Å². The average molecular weight is 530 g/mol. The molecule has 1 aliphatic heterocycles. The number of halogens is 1. The molecule has 2 aromatic rings. The second-order valence-electron chi connectivity index (χ2n) is 9.19. The molecule has 1 heterocycles. The highest BCUT2D eigenvalue weighted by Crippen LogP contribution is 2.20. The summed E-state index contributed by atoms with van der Waals surface area (Å²) in [6, 6.07) is 9.54. The second-order valence-corrected chi connectivity index (χ2v) is 9.63. The van der Waals surface area contributed by atoms with Crippen LogP contribution in [0.25, 0.3) is 0 Å². The smallest absolute Gasteiger partial charge is 0.246 e. The van der Waals surface area contributed by atoms with Crippen molar-refractivity contribution in [1.29, 1.82) is 0 Å². The van der Waals surface area contributed by atoms with Crippen molar-refractivity contribution >= 4 is 35.2 Å². The summed E-state index contributed by atoms with van der Waals surface area (Å²) in [5.74, 6) is -2.03. The third-order valence-electron chi connectivity index (χ3n) is 6.31. The number of carbonyl (C=O) groups is 4. The Hall–Kier alpha value is -3.63. The Morgan fingerprint density at radius 1 is 1.00 bits per heavy atom. The third-order valence-corrected chi connectivity index (χ3v) is 6.56. The molecule has 0 saturated carbocycles. The van der Waals surface area contributed by atoms with Crippen molar-refractivity contribution in [2.75, 3.05) is 6.54 Å². The van der Waals surface area contributed by atoms with Gasteiger partial charge in [0.25, 0.3) is 0 Å². The molecule has 3 rings (SSSR count). The predicted molar refractivity (Wildman–Crippen MR) is 138 cm³/mol. The van der Waals surface area contributed by atoms with Crippen LogP contribution in [0.1, 0.15) is 30.9 Å². The number of benzene rings is 2. The number of nitrogens with two attached hydrogens (primary N) is 2. The van der Waals surface area contributed by atoms with Gasteiger partial charge in [-0.2, -0.15) is 0 Å². The molecule has 11 heteroatoms. The summed E-state index contributed by atoms with van der Waals surface area (Å²) in [6.07, 6.45) is 1.47. The minimum atomic E-state index is -0.987. The fraction of sp³-hybridized carbons (Fsp3) is 0.385. The lowest BCUT2D eigenvalue weighted by atomic mass is 10.0. The van der Waals surface area contributed by atoms with Gasteiger partial charge in [0, 0.05) is 18.0 Å². The minimum absolute atomic E-state index is 0.103. The van der Waals surface area contributed by atoms with Crippen molar-refractivity contribution in [1.82, 2.24) is 15.5 Å². The number of phenols is 1. The zero-order valence-electron chi connectivity index (χ0n) is 20.5. The third kappa shape index (κ3) is 7.68. The Morgan fingerprint density at radius 3 is 2.22 bits per heavy atom. The topological polar surface area (TPSA) is 168 Å². The van der Waals surface area contributed by atoms with Gasteiger partial charge in [-0.25, -0.2) is 0 Å². The van der Waals surface area contributed by atoms with Gasteiger partial charge in [0.2, 0.25) is 23.6 Å². The summed E-state index contributed by atoms with van der Waals surface area (Å²) in [7, 11) is 0. The van der Waals surface area contributed by atoms with Crippen molar-refractivity contribution in [2.45, 2.75) is 56.8 Å². The number of amides is 4. The summed E-state index contributed by atoms with van der Waals surface area (Å²) in [6.45, 7) is 1.85. The van der Waals surface area contributed by atoms with Crippen LogP contribution in [0.4, 0.5) is 0 Å². The molecular formula is C26H32ClN5O5. The molecule has 37 heavy (non-hydrogen) atoms. The first-order valence-electron chi connectivity index (χ1n) is 12.0. The van der Waals surface area contributed by atoms with Gasteiger partial charge in [-0.3, -0.25) is 19.2 Å².